The van der Waals surface area contributed by atoms with Crippen molar-refractivity contribution in [3.8, 4) is 0 Å². The predicted molar refractivity (Wildman–Crippen MR) is 57.1 cm³/mol. The van der Waals surface area contributed by atoms with E-state index in [1.807, 2.05) is 30.0 Å². The third-order valence-corrected chi connectivity index (χ3v) is 2.88. The molecule has 2 heteroatoms. The maximum atomic E-state index is 5.84. The van der Waals surface area contributed by atoms with Crippen molar-refractivity contribution in [2.45, 2.75) is 24.7 Å². The van der Waals surface area contributed by atoms with Crippen LogP contribution >= 0.6 is 23.4 Å². The van der Waals surface area contributed by atoms with Gasteiger partial charge in [-0.1, -0.05) is 31.0 Å². The Balaban J connectivity index is 2.41. The smallest absolute Gasteiger partial charge is 0.0417 e. The molecule has 0 aromatic heterocycles. The zero-order chi connectivity index (χ0) is 8.81. The molecule has 66 valence electrons. The molecule has 0 spiro atoms. The van der Waals surface area contributed by atoms with Crippen molar-refractivity contribution in [2.75, 3.05) is 5.75 Å². The van der Waals surface area contributed by atoms with Crippen molar-refractivity contribution < 1.29 is 0 Å². The number of rotatable bonds is 4. The average Bonchev–Trinajstić information content (AvgIpc) is 2.05. The van der Waals surface area contributed by atoms with Gasteiger partial charge < -0.3 is 0 Å². The Morgan fingerprint density at radius 2 is 2.25 bits per heavy atom. The van der Waals surface area contributed by atoms with Crippen LogP contribution in [0, 0.1) is 0 Å². The Bertz CT molecular complexity index is 235. The van der Waals surface area contributed by atoms with Crippen LogP contribution in [0.25, 0.3) is 0 Å². The molecule has 0 aliphatic heterocycles. The van der Waals surface area contributed by atoms with Gasteiger partial charge in [-0.3, -0.25) is 0 Å². The summed E-state index contributed by atoms with van der Waals surface area (Å²) >= 11 is 7.72. The van der Waals surface area contributed by atoms with Crippen LogP contribution < -0.4 is 0 Å². The minimum absolute atomic E-state index is 0.830. The van der Waals surface area contributed by atoms with Gasteiger partial charge in [-0.25, -0.2) is 0 Å². The molecule has 0 aliphatic carbocycles. The molecule has 12 heavy (non-hydrogen) atoms. The van der Waals surface area contributed by atoms with Gasteiger partial charge >= 0.3 is 0 Å². The van der Waals surface area contributed by atoms with Gasteiger partial charge in [0, 0.05) is 9.92 Å². The van der Waals surface area contributed by atoms with Crippen LogP contribution in [0.1, 0.15) is 19.8 Å². The molecular weight excluding hydrogens is 188 g/mol. The summed E-state index contributed by atoms with van der Waals surface area (Å²) in [6, 6.07) is 8.02. The van der Waals surface area contributed by atoms with Gasteiger partial charge in [-0.05, 0) is 30.4 Å². The number of thioether (sulfide) groups is 1. The number of unbranched alkanes of at least 4 members (excludes halogenated alkanes) is 1. The van der Waals surface area contributed by atoms with Gasteiger partial charge in [0.1, 0.15) is 0 Å². The molecule has 0 atom stereocenters. The number of halogens is 1. The highest BCUT2D eigenvalue weighted by Crippen LogP contribution is 2.22. The number of hydrogen-bond donors (Lipinski definition) is 0. The molecule has 1 aromatic carbocycles. The minimum Gasteiger partial charge on any atom is -0.126 e. The van der Waals surface area contributed by atoms with Crippen LogP contribution in [0.3, 0.4) is 0 Å². The van der Waals surface area contributed by atoms with Crippen molar-refractivity contribution in [1.29, 1.82) is 0 Å². The molecule has 0 saturated heterocycles. The van der Waals surface area contributed by atoms with Crippen LogP contribution in [0.15, 0.2) is 29.2 Å². The van der Waals surface area contributed by atoms with E-state index in [9.17, 15) is 0 Å². The second kappa shape index (κ2) is 5.50. The summed E-state index contributed by atoms with van der Waals surface area (Å²) in [5.74, 6) is 1.19. The van der Waals surface area contributed by atoms with Gasteiger partial charge in [0.25, 0.3) is 0 Å². The van der Waals surface area contributed by atoms with E-state index in [1.165, 1.54) is 23.5 Å². The quantitative estimate of drug-likeness (QED) is 0.518. The largest absolute Gasteiger partial charge is 0.126 e. The maximum absolute atomic E-state index is 5.84. The lowest BCUT2D eigenvalue weighted by atomic mass is 10.4. The van der Waals surface area contributed by atoms with E-state index in [4.69, 9.17) is 11.6 Å². The SMILES string of the molecule is CCCCSc1cccc(Cl)c1. The number of hydrogen-bond acceptors (Lipinski definition) is 1. The summed E-state index contributed by atoms with van der Waals surface area (Å²) < 4.78 is 0. The van der Waals surface area contributed by atoms with E-state index in [-0.39, 0.29) is 0 Å². The summed E-state index contributed by atoms with van der Waals surface area (Å²) in [7, 11) is 0. The third-order valence-electron chi connectivity index (χ3n) is 1.56. The van der Waals surface area contributed by atoms with E-state index < -0.39 is 0 Å². The molecule has 0 fully saturated rings. The average molecular weight is 201 g/mol. The highest BCUT2D eigenvalue weighted by molar-refractivity contribution is 7.99. The molecular formula is C10H13ClS. The van der Waals surface area contributed by atoms with Crippen molar-refractivity contribution in [3.63, 3.8) is 0 Å². The Morgan fingerprint density at radius 3 is 2.92 bits per heavy atom. The van der Waals surface area contributed by atoms with Crippen molar-refractivity contribution in [3.05, 3.63) is 29.3 Å². The summed E-state index contributed by atoms with van der Waals surface area (Å²) in [4.78, 5) is 1.27. The van der Waals surface area contributed by atoms with Gasteiger partial charge in [0.2, 0.25) is 0 Å². The maximum Gasteiger partial charge on any atom is 0.0417 e. The van der Waals surface area contributed by atoms with Crippen LogP contribution in [-0.4, -0.2) is 5.75 Å². The first kappa shape index (κ1) is 9.94. The van der Waals surface area contributed by atoms with Gasteiger partial charge in [-0.15, -0.1) is 11.8 Å². The lowest BCUT2D eigenvalue weighted by molar-refractivity contribution is 0.896. The highest BCUT2D eigenvalue weighted by Gasteiger charge is 1.93. The zero-order valence-corrected chi connectivity index (χ0v) is 8.79. The van der Waals surface area contributed by atoms with E-state index in [0.29, 0.717) is 0 Å². The fourth-order valence-corrected chi connectivity index (χ4v) is 2.20. The standard InChI is InChI=1S/C10H13ClS/c1-2-3-7-12-10-6-4-5-9(11)8-10/h4-6,8H,2-3,7H2,1H3. The lowest BCUT2D eigenvalue weighted by Gasteiger charge is -1.99. The molecule has 0 aliphatic rings. The van der Waals surface area contributed by atoms with Crippen molar-refractivity contribution >= 4 is 23.4 Å². The highest BCUT2D eigenvalue weighted by atomic mass is 35.5. The van der Waals surface area contributed by atoms with E-state index >= 15 is 0 Å². The molecule has 1 rings (SSSR count). The molecule has 0 N–H and O–H groups in total. The normalized spacial score (nSPS) is 10.2. The summed E-state index contributed by atoms with van der Waals surface area (Å²) in [5.41, 5.74) is 0. The Kier molecular flexibility index (Phi) is 4.55. The molecule has 1 aromatic rings. The van der Waals surface area contributed by atoms with Crippen LogP contribution in [0.5, 0.6) is 0 Å². The topological polar surface area (TPSA) is 0 Å². The Hall–Kier alpha value is -0.140. The van der Waals surface area contributed by atoms with E-state index in [1.54, 1.807) is 0 Å². The Morgan fingerprint density at radius 1 is 1.42 bits per heavy atom. The molecule has 0 radical (unpaired) electrons. The minimum atomic E-state index is 0.830. The first-order chi connectivity index (χ1) is 5.83. The van der Waals surface area contributed by atoms with Crippen molar-refractivity contribution in [1.82, 2.24) is 0 Å². The molecule has 0 amide bonds. The van der Waals surface area contributed by atoms with Crippen LogP contribution in [-0.2, 0) is 0 Å². The summed E-state index contributed by atoms with van der Waals surface area (Å²) in [5, 5.41) is 0.830. The first-order valence-electron chi connectivity index (χ1n) is 4.21. The fraction of sp³-hybridized carbons (Fsp3) is 0.400. The molecule has 0 bridgehead atoms. The zero-order valence-electron chi connectivity index (χ0n) is 7.22. The van der Waals surface area contributed by atoms with Gasteiger partial charge in [0.05, 0.1) is 0 Å². The fourth-order valence-electron chi connectivity index (χ4n) is 0.891. The summed E-state index contributed by atoms with van der Waals surface area (Å²) in [6.07, 6.45) is 2.53. The summed E-state index contributed by atoms with van der Waals surface area (Å²) in [6.45, 7) is 2.21. The molecule has 0 heterocycles. The Labute approximate surface area is 83.3 Å². The van der Waals surface area contributed by atoms with Crippen LogP contribution in [0.2, 0.25) is 5.02 Å². The van der Waals surface area contributed by atoms with E-state index in [2.05, 4.69) is 13.0 Å². The van der Waals surface area contributed by atoms with Gasteiger partial charge in [0.15, 0.2) is 0 Å². The lowest BCUT2D eigenvalue weighted by Crippen LogP contribution is -1.77. The first-order valence-corrected chi connectivity index (χ1v) is 5.57. The second-order valence-electron chi connectivity index (χ2n) is 2.66. The monoisotopic (exact) mass is 200 g/mol. The second-order valence-corrected chi connectivity index (χ2v) is 4.26. The molecule has 0 saturated carbocycles. The third kappa shape index (κ3) is 3.51. The number of benzene rings is 1. The van der Waals surface area contributed by atoms with Crippen molar-refractivity contribution in [2.24, 2.45) is 0 Å². The molecule has 0 nitrogen and oxygen atoms in total. The van der Waals surface area contributed by atoms with Gasteiger partial charge in [-0.2, -0.15) is 0 Å². The predicted octanol–water partition coefficient (Wildman–Crippen LogP) is 4.23. The van der Waals surface area contributed by atoms with E-state index in [0.717, 1.165) is 5.02 Å². The molecule has 0 unspecified atom stereocenters. The van der Waals surface area contributed by atoms with Crippen LogP contribution in [0.4, 0.5) is 0 Å².